The second-order valence-electron chi connectivity index (χ2n) is 3.38. The van der Waals surface area contributed by atoms with Gasteiger partial charge in [-0.2, -0.15) is 0 Å². The van der Waals surface area contributed by atoms with E-state index in [2.05, 4.69) is 37.9 Å². The molecule has 0 amide bonds. The molecule has 1 heterocycles. The maximum atomic E-state index is 5.16. The molecule has 0 radical (unpaired) electrons. The van der Waals surface area contributed by atoms with Crippen molar-refractivity contribution in [2.45, 2.75) is 12.8 Å². The Labute approximate surface area is 108 Å². The SMILES string of the molecule is COC1=CC=C(Nc2ncc(I)cn2)CC1. The van der Waals surface area contributed by atoms with Crippen LogP contribution in [0.15, 0.2) is 36.0 Å². The van der Waals surface area contributed by atoms with E-state index in [-0.39, 0.29) is 0 Å². The molecule has 5 heteroatoms. The van der Waals surface area contributed by atoms with Crippen molar-refractivity contribution in [3.63, 3.8) is 0 Å². The molecule has 1 N–H and O–H groups in total. The number of hydrogen-bond acceptors (Lipinski definition) is 4. The molecule has 84 valence electrons. The van der Waals surface area contributed by atoms with Crippen LogP contribution in [-0.4, -0.2) is 17.1 Å². The first-order valence-electron chi connectivity index (χ1n) is 4.96. The van der Waals surface area contributed by atoms with Gasteiger partial charge in [0, 0.05) is 28.1 Å². The molecule has 1 aliphatic carbocycles. The van der Waals surface area contributed by atoms with Gasteiger partial charge >= 0.3 is 0 Å². The number of hydrogen-bond donors (Lipinski definition) is 1. The molecule has 0 spiro atoms. The van der Waals surface area contributed by atoms with E-state index < -0.39 is 0 Å². The summed E-state index contributed by atoms with van der Waals surface area (Å²) in [4.78, 5) is 8.38. The highest BCUT2D eigenvalue weighted by Crippen LogP contribution is 2.19. The molecule has 0 saturated carbocycles. The third kappa shape index (κ3) is 2.94. The molecule has 2 rings (SSSR count). The van der Waals surface area contributed by atoms with Crippen molar-refractivity contribution in [3.05, 3.63) is 39.6 Å². The Morgan fingerprint density at radius 1 is 1.25 bits per heavy atom. The molecule has 4 nitrogen and oxygen atoms in total. The summed E-state index contributed by atoms with van der Waals surface area (Å²) < 4.78 is 6.19. The maximum Gasteiger partial charge on any atom is 0.226 e. The number of ether oxygens (including phenoxy) is 1. The van der Waals surface area contributed by atoms with Crippen LogP contribution in [0.5, 0.6) is 0 Å². The van der Waals surface area contributed by atoms with Gasteiger partial charge in [0.15, 0.2) is 0 Å². The summed E-state index contributed by atoms with van der Waals surface area (Å²) in [6.45, 7) is 0. The lowest BCUT2D eigenvalue weighted by atomic mass is 10.1. The fourth-order valence-electron chi connectivity index (χ4n) is 1.41. The lowest BCUT2D eigenvalue weighted by Crippen LogP contribution is -2.06. The number of aromatic nitrogens is 2. The highest BCUT2D eigenvalue weighted by molar-refractivity contribution is 14.1. The highest BCUT2D eigenvalue weighted by atomic mass is 127. The summed E-state index contributed by atoms with van der Waals surface area (Å²) >= 11 is 2.18. The normalized spacial score (nSPS) is 15.1. The Hall–Kier alpha value is -1.11. The number of nitrogens with one attached hydrogen (secondary N) is 1. The largest absolute Gasteiger partial charge is 0.501 e. The average Bonchev–Trinajstić information content (AvgIpc) is 2.33. The molecule has 0 saturated heterocycles. The second kappa shape index (κ2) is 5.29. The predicted octanol–water partition coefficient (Wildman–Crippen LogP) is 2.70. The Bertz CT molecular complexity index is 425. The van der Waals surface area contributed by atoms with E-state index in [0.29, 0.717) is 5.95 Å². The topological polar surface area (TPSA) is 47.0 Å². The van der Waals surface area contributed by atoms with Crippen molar-refractivity contribution >= 4 is 28.5 Å². The van der Waals surface area contributed by atoms with Gasteiger partial charge in [-0.05, 0) is 41.2 Å². The lowest BCUT2D eigenvalue weighted by molar-refractivity contribution is 0.276. The second-order valence-corrected chi connectivity index (χ2v) is 4.62. The van der Waals surface area contributed by atoms with Crippen LogP contribution in [0, 0.1) is 3.57 Å². The lowest BCUT2D eigenvalue weighted by Gasteiger charge is -2.14. The first-order chi connectivity index (χ1) is 7.78. The van der Waals surface area contributed by atoms with Gasteiger partial charge in [0.05, 0.1) is 12.9 Å². The van der Waals surface area contributed by atoms with Crippen LogP contribution in [0.4, 0.5) is 5.95 Å². The van der Waals surface area contributed by atoms with Gasteiger partial charge in [-0.1, -0.05) is 0 Å². The fourth-order valence-corrected chi connectivity index (χ4v) is 1.69. The van der Waals surface area contributed by atoms with Gasteiger partial charge in [0.1, 0.15) is 0 Å². The molecular formula is C11H12IN3O. The van der Waals surface area contributed by atoms with Crippen molar-refractivity contribution in [1.29, 1.82) is 0 Å². The van der Waals surface area contributed by atoms with Gasteiger partial charge in [-0.3, -0.25) is 0 Å². The van der Waals surface area contributed by atoms with Crippen molar-refractivity contribution < 1.29 is 4.74 Å². The minimum atomic E-state index is 0.640. The van der Waals surface area contributed by atoms with E-state index in [9.17, 15) is 0 Å². The maximum absolute atomic E-state index is 5.16. The Kier molecular flexibility index (Phi) is 3.76. The molecule has 0 unspecified atom stereocenters. The van der Waals surface area contributed by atoms with Gasteiger partial charge in [0.25, 0.3) is 0 Å². The number of anilines is 1. The predicted molar refractivity (Wildman–Crippen MR) is 70.8 cm³/mol. The molecule has 16 heavy (non-hydrogen) atoms. The minimum absolute atomic E-state index is 0.640. The van der Waals surface area contributed by atoms with Crippen molar-refractivity contribution in [2.24, 2.45) is 0 Å². The minimum Gasteiger partial charge on any atom is -0.501 e. The van der Waals surface area contributed by atoms with E-state index in [1.54, 1.807) is 19.5 Å². The zero-order valence-electron chi connectivity index (χ0n) is 8.90. The Balaban J connectivity index is 2.03. The first kappa shape index (κ1) is 11.4. The van der Waals surface area contributed by atoms with Gasteiger partial charge in [0.2, 0.25) is 5.95 Å². The number of methoxy groups -OCH3 is 1. The number of halogens is 1. The molecule has 0 atom stereocenters. The zero-order valence-corrected chi connectivity index (χ0v) is 11.1. The molecule has 0 aliphatic heterocycles. The van der Waals surface area contributed by atoms with Crippen LogP contribution in [0.1, 0.15) is 12.8 Å². The van der Waals surface area contributed by atoms with E-state index in [0.717, 1.165) is 27.9 Å². The number of rotatable bonds is 3. The van der Waals surface area contributed by atoms with Crippen LogP contribution < -0.4 is 5.32 Å². The smallest absolute Gasteiger partial charge is 0.226 e. The van der Waals surface area contributed by atoms with Crippen LogP contribution in [-0.2, 0) is 4.74 Å². The number of nitrogens with zero attached hydrogens (tertiary/aromatic N) is 2. The molecule has 1 aromatic heterocycles. The molecule has 0 aromatic carbocycles. The van der Waals surface area contributed by atoms with Crippen LogP contribution in [0.25, 0.3) is 0 Å². The summed E-state index contributed by atoms with van der Waals surface area (Å²) in [6.07, 6.45) is 9.39. The quantitative estimate of drug-likeness (QED) is 0.867. The first-order valence-corrected chi connectivity index (χ1v) is 6.04. The molecular weight excluding hydrogens is 317 g/mol. The zero-order chi connectivity index (χ0) is 11.4. The van der Waals surface area contributed by atoms with Crippen LogP contribution in [0.3, 0.4) is 0 Å². The van der Waals surface area contributed by atoms with Crippen LogP contribution in [0.2, 0.25) is 0 Å². The summed E-state index contributed by atoms with van der Waals surface area (Å²) in [7, 11) is 1.69. The van der Waals surface area contributed by atoms with E-state index in [4.69, 9.17) is 4.74 Å². The van der Waals surface area contributed by atoms with Gasteiger partial charge in [-0.15, -0.1) is 0 Å². The van der Waals surface area contributed by atoms with Gasteiger partial charge in [-0.25, -0.2) is 9.97 Å². The van der Waals surface area contributed by atoms with Crippen molar-refractivity contribution in [2.75, 3.05) is 12.4 Å². The monoisotopic (exact) mass is 329 g/mol. The van der Waals surface area contributed by atoms with E-state index in [1.807, 2.05) is 12.2 Å². The summed E-state index contributed by atoms with van der Waals surface area (Å²) in [5.41, 5.74) is 1.11. The Morgan fingerprint density at radius 2 is 2.00 bits per heavy atom. The van der Waals surface area contributed by atoms with E-state index >= 15 is 0 Å². The van der Waals surface area contributed by atoms with Crippen molar-refractivity contribution in [1.82, 2.24) is 9.97 Å². The average molecular weight is 329 g/mol. The molecule has 0 bridgehead atoms. The third-order valence-corrected chi connectivity index (χ3v) is 2.82. The third-order valence-electron chi connectivity index (χ3n) is 2.27. The molecule has 0 fully saturated rings. The Morgan fingerprint density at radius 3 is 2.56 bits per heavy atom. The number of allylic oxidation sites excluding steroid dienone is 4. The van der Waals surface area contributed by atoms with Crippen molar-refractivity contribution in [3.8, 4) is 0 Å². The summed E-state index contributed by atoms with van der Waals surface area (Å²) in [5.74, 6) is 1.65. The van der Waals surface area contributed by atoms with Gasteiger partial charge < -0.3 is 10.1 Å². The molecule has 1 aliphatic rings. The fraction of sp³-hybridized carbons (Fsp3) is 0.273. The standard InChI is InChI=1S/C11H12IN3O/c1-16-10-4-2-9(3-5-10)15-11-13-6-8(12)7-14-11/h2,4,6-7H,3,5H2,1H3,(H,13,14,15). The molecule has 1 aromatic rings. The van der Waals surface area contributed by atoms with Crippen LogP contribution >= 0.6 is 22.6 Å². The summed E-state index contributed by atoms with van der Waals surface area (Å²) in [6, 6.07) is 0. The highest BCUT2D eigenvalue weighted by Gasteiger charge is 2.07. The summed E-state index contributed by atoms with van der Waals surface area (Å²) in [5, 5.41) is 3.19. The van der Waals surface area contributed by atoms with E-state index in [1.165, 1.54) is 0 Å².